The van der Waals surface area contributed by atoms with Crippen molar-refractivity contribution in [3.8, 4) is 0 Å². The summed E-state index contributed by atoms with van der Waals surface area (Å²) in [7, 11) is 3.93. The molecule has 1 aromatic rings. The summed E-state index contributed by atoms with van der Waals surface area (Å²) in [6.07, 6.45) is 4.44. The van der Waals surface area contributed by atoms with Gasteiger partial charge in [0.1, 0.15) is 6.54 Å². The first-order valence-corrected chi connectivity index (χ1v) is 7.82. The zero-order valence-electron chi connectivity index (χ0n) is 13.6. The number of hydrogen-bond acceptors (Lipinski definition) is 3. The molecule has 1 N–H and O–H groups in total. The number of amides is 2. The zero-order chi connectivity index (χ0) is 16.1. The second kappa shape index (κ2) is 7.29. The van der Waals surface area contributed by atoms with Gasteiger partial charge >= 0.3 is 0 Å². The Bertz CT molecular complexity index is 519. The Morgan fingerprint density at radius 1 is 1.09 bits per heavy atom. The zero-order valence-corrected chi connectivity index (χ0v) is 13.6. The largest absolute Gasteiger partial charge is 0.378 e. The Morgan fingerprint density at radius 3 is 2.14 bits per heavy atom. The van der Waals surface area contributed by atoms with Gasteiger partial charge in [-0.15, -0.1) is 0 Å². The van der Waals surface area contributed by atoms with Gasteiger partial charge in [0, 0.05) is 38.4 Å². The third kappa shape index (κ3) is 4.23. The lowest BCUT2D eigenvalue weighted by molar-refractivity contribution is -0.123. The first kappa shape index (κ1) is 16.3. The molecule has 0 heterocycles. The molecule has 0 bridgehead atoms. The van der Waals surface area contributed by atoms with Gasteiger partial charge in [-0.2, -0.15) is 0 Å². The van der Waals surface area contributed by atoms with E-state index in [0.717, 1.165) is 24.2 Å². The Hall–Kier alpha value is -2.04. The topological polar surface area (TPSA) is 52.7 Å². The van der Waals surface area contributed by atoms with E-state index in [1.54, 1.807) is 0 Å². The van der Waals surface area contributed by atoms with Crippen molar-refractivity contribution in [3.05, 3.63) is 24.3 Å². The lowest BCUT2D eigenvalue weighted by Crippen LogP contribution is -2.43. The maximum absolute atomic E-state index is 12.1. The fraction of sp³-hybridized carbons (Fsp3) is 0.529. The smallest absolute Gasteiger partial charge is 0.240 e. The Balaban J connectivity index is 2.02. The Labute approximate surface area is 132 Å². The SMILES string of the molecule is CC(=O)N(CC(=O)NC1CCCC1)c1ccc(N(C)C)cc1. The number of carbonyl (C=O) groups is 2. The molecule has 120 valence electrons. The summed E-state index contributed by atoms with van der Waals surface area (Å²) in [5, 5.41) is 3.02. The van der Waals surface area contributed by atoms with Gasteiger partial charge in [-0.1, -0.05) is 12.8 Å². The van der Waals surface area contributed by atoms with Crippen LogP contribution in [0.4, 0.5) is 11.4 Å². The standard InChI is InChI=1S/C17H25N3O2/c1-13(21)20(12-17(22)18-14-6-4-5-7-14)16-10-8-15(9-11-16)19(2)3/h8-11,14H,4-7,12H2,1-3H3,(H,18,22). The van der Waals surface area contributed by atoms with Crippen LogP contribution in [0.5, 0.6) is 0 Å². The number of nitrogens with one attached hydrogen (secondary N) is 1. The minimum Gasteiger partial charge on any atom is -0.378 e. The molecule has 0 spiro atoms. The molecule has 22 heavy (non-hydrogen) atoms. The molecule has 1 aliphatic rings. The molecule has 0 aliphatic heterocycles. The summed E-state index contributed by atoms with van der Waals surface area (Å²) in [4.78, 5) is 27.5. The molecule has 0 atom stereocenters. The van der Waals surface area contributed by atoms with Crippen LogP contribution in [0, 0.1) is 0 Å². The second-order valence-corrected chi connectivity index (χ2v) is 6.06. The van der Waals surface area contributed by atoms with Gasteiger partial charge in [-0.3, -0.25) is 9.59 Å². The molecule has 0 unspecified atom stereocenters. The lowest BCUT2D eigenvalue weighted by Gasteiger charge is -2.23. The van der Waals surface area contributed by atoms with E-state index in [-0.39, 0.29) is 24.4 Å². The van der Waals surface area contributed by atoms with Gasteiger partial charge in [0.05, 0.1) is 0 Å². The van der Waals surface area contributed by atoms with E-state index in [9.17, 15) is 9.59 Å². The van der Waals surface area contributed by atoms with Gasteiger partial charge in [-0.05, 0) is 37.1 Å². The first-order chi connectivity index (χ1) is 10.5. The van der Waals surface area contributed by atoms with Crippen molar-refractivity contribution in [3.63, 3.8) is 0 Å². The number of benzene rings is 1. The van der Waals surface area contributed by atoms with Crippen molar-refractivity contribution >= 4 is 23.2 Å². The quantitative estimate of drug-likeness (QED) is 0.907. The normalized spacial score (nSPS) is 14.7. The van der Waals surface area contributed by atoms with Crippen molar-refractivity contribution < 1.29 is 9.59 Å². The molecule has 0 radical (unpaired) electrons. The fourth-order valence-corrected chi connectivity index (χ4v) is 2.80. The highest BCUT2D eigenvalue weighted by Crippen LogP contribution is 2.20. The molecule has 1 fully saturated rings. The summed E-state index contributed by atoms with van der Waals surface area (Å²) >= 11 is 0. The summed E-state index contributed by atoms with van der Waals surface area (Å²) in [6, 6.07) is 7.91. The summed E-state index contributed by atoms with van der Waals surface area (Å²) in [5.41, 5.74) is 1.81. The predicted octanol–water partition coefficient (Wildman–Crippen LogP) is 2.16. The number of anilines is 2. The van der Waals surface area contributed by atoms with E-state index in [4.69, 9.17) is 0 Å². The predicted molar refractivity (Wildman–Crippen MR) is 89.2 cm³/mol. The molecule has 2 rings (SSSR count). The van der Waals surface area contributed by atoms with Crippen LogP contribution in [-0.2, 0) is 9.59 Å². The minimum atomic E-state index is -0.126. The van der Waals surface area contributed by atoms with E-state index < -0.39 is 0 Å². The highest BCUT2D eigenvalue weighted by atomic mass is 16.2. The monoisotopic (exact) mass is 303 g/mol. The number of carbonyl (C=O) groups excluding carboxylic acids is 2. The highest BCUT2D eigenvalue weighted by molar-refractivity contribution is 5.97. The van der Waals surface area contributed by atoms with Crippen molar-refractivity contribution in [2.24, 2.45) is 0 Å². The van der Waals surface area contributed by atoms with Gasteiger partial charge in [0.25, 0.3) is 0 Å². The van der Waals surface area contributed by atoms with E-state index in [2.05, 4.69) is 5.32 Å². The van der Waals surface area contributed by atoms with E-state index in [1.165, 1.54) is 24.7 Å². The van der Waals surface area contributed by atoms with Crippen LogP contribution in [0.2, 0.25) is 0 Å². The van der Waals surface area contributed by atoms with E-state index in [1.807, 2.05) is 43.3 Å². The summed E-state index contributed by atoms with van der Waals surface area (Å²) < 4.78 is 0. The van der Waals surface area contributed by atoms with Crippen LogP contribution in [0.3, 0.4) is 0 Å². The summed E-state index contributed by atoms with van der Waals surface area (Å²) in [5.74, 6) is -0.210. The van der Waals surface area contributed by atoms with Crippen LogP contribution in [0.1, 0.15) is 32.6 Å². The number of nitrogens with zero attached hydrogens (tertiary/aromatic N) is 2. The van der Waals surface area contributed by atoms with Crippen molar-refractivity contribution in [1.82, 2.24) is 5.32 Å². The molecule has 0 saturated heterocycles. The Kier molecular flexibility index (Phi) is 5.41. The van der Waals surface area contributed by atoms with Crippen molar-refractivity contribution in [2.75, 3.05) is 30.4 Å². The lowest BCUT2D eigenvalue weighted by atomic mass is 10.2. The molecule has 1 aromatic carbocycles. The van der Waals surface area contributed by atoms with E-state index in [0.29, 0.717) is 0 Å². The van der Waals surface area contributed by atoms with Crippen LogP contribution in [0.25, 0.3) is 0 Å². The van der Waals surface area contributed by atoms with Crippen molar-refractivity contribution in [2.45, 2.75) is 38.6 Å². The number of rotatable bonds is 5. The second-order valence-electron chi connectivity index (χ2n) is 6.06. The number of hydrogen-bond donors (Lipinski definition) is 1. The fourth-order valence-electron chi connectivity index (χ4n) is 2.80. The molecule has 1 saturated carbocycles. The van der Waals surface area contributed by atoms with Gasteiger partial charge in [-0.25, -0.2) is 0 Å². The molecule has 1 aliphatic carbocycles. The Morgan fingerprint density at radius 2 is 1.64 bits per heavy atom. The highest BCUT2D eigenvalue weighted by Gasteiger charge is 2.20. The van der Waals surface area contributed by atoms with Crippen LogP contribution in [0.15, 0.2) is 24.3 Å². The van der Waals surface area contributed by atoms with Gasteiger partial charge in [0.2, 0.25) is 11.8 Å². The maximum atomic E-state index is 12.1. The molecule has 5 heteroatoms. The molecule has 5 nitrogen and oxygen atoms in total. The molecular formula is C17H25N3O2. The van der Waals surface area contributed by atoms with E-state index >= 15 is 0 Å². The van der Waals surface area contributed by atoms with Crippen LogP contribution < -0.4 is 15.1 Å². The third-order valence-electron chi connectivity index (χ3n) is 4.08. The molecular weight excluding hydrogens is 278 g/mol. The first-order valence-electron chi connectivity index (χ1n) is 7.82. The third-order valence-corrected chi connectivity index (χ3v) is 4.08. The minimum absolute atomic E-state index is 0.0765. The maximum Gasteiger partial charge on any atom is 0.240 e. The average molecular weight is 303 g/mol. The molecule has 0 aromatic heterocycles. The van der Waals surface area contributed by atoms with Crippen LogP contribution >= 0.6 is 0 Å². The molecule has 2 amide bonds. The van der Waals surface area contributed by atoms with Crippen LogP contribution in [-0.4, -0.2) is 38.5 Å². The van der Waals surface area contributed by atoms with Gasteiger partial charge in [0.15, 0.2) is 0 Å². The van der Waals surface area contributed by atoms with Crippen molar-refractivity contribution in [1.29, 1.82) is 0 Å². The summed E-state index contributed by atoms with van der Waals surface area (Å²) in [6.45, 7) is 1.57. The average Bonchev–Trinajstić information content (AvgIpc) is 2.97. The van der Waals surface area contributed by atoms with Gasteiger partial charge < -0.3 is 15.1 Å².